The number of anilines is 1. The summed E-state index contributed by atoms with van der Waals surface area (Å²) in [7, 11) is -1.19. The Labute approximate surface area is 170 Å². The third kappa shape index (κ3) is 6.07. The Morgan fingerprint density at radius 1 is 1.17 bits per heavy atom. The number of benzene rings is 1. The summed E-state index contributed by atoms with van der Waals surface area (Å²) >= 11 is 0. The van der Waals surface area contributed by atoms with Crippen LogP contribution in [-0.4, -0.2) is 50.4 Å². The highest BCUT2D eigenvalue weighted by atomic mass is 28.3. The molecular formula is C20H29F3N4OSi. The van der Waals surface area contributed by atoms with E-state index in [1.807, 2.05) is 4.57 Å². The van der Waals surface area contributed by atoms with Crippen LogP contribution in [0.4, 0.5) is 19.1 Å². The van der Waals surface area contributed by atoms with Crippen LogP contribution in [0.5, 0.6) is 0 Å². The Morgan fingerprint density at radius 2 is 1.90 bits per heavy atom. The number of aromatic nitrogens is 2. The molecule has 0 amide bonds. The normalized spacial score (nSPS) is 15.7. The number of piperazine rings is 1. The first-order valence-electron chi connectivity index (χ1n) is 9.92. The van der Waals surface area contributed by atoms with Gasteiger partial charge in [0.15, 0.2) is 0 Å². The first-order valence-corrected chi connectivity index (χ1v) is 13.6. The Hall–Kier alpha value is -1.84. The van der Waals surface area contributed by atoms with Gasteiger partial charge in [-0.3, -0.25) is 4.57 Å². The minimum absolute atomic E-state index is 0.343. The van der Waals surface area contributed by atoms with E-state index in [0.29, 0.717) is 24.6 Å². The predicted octanol–water partition coefficient (Wildman–Crippen LogP) is 4.29. The van der Waals surface area contributed by atoms with Crippen LogP contribution in [0.1, 0.15) is 5.56 Å². The summed E-state index contributed by atoms with van der Waals surface area (Å²) < 4.78 is 47.1. The molecule has 0 unspecified atom stereocenters. The summed E-state index contributed by atoms with van der Waals surface area (Å²) in [4.78, 5) is 6.83. The van der Waals surface area contributed by atoms with E-state index in [-0.39, 0.29) is 0 Å². The Bertz CT molecular complexity index is 811. The summed E-state index contributed by atoms with van der Waals surface area (Å²) in [5.41, 5.74) is 0.315. The number of alkyl halides is 3. The van der Waals surface area contributed by atoms with E-state index in [0.717, 1.165) is 50.3 Å². The third-order valence-corrected chi connectivity index (χ3v) is 6.57. The van der Waals surface area contributed by atoms with Crippen molar-refractivity contribution in [3.8, 4) is 11.3 Å². The lowest BCUT2D eigenvalue weighted by atomic mass is 10.1. The Kier molecular flexibility index (Phi) is 6.70. The van der Waals surface area contributed by atoms with Crippen molar-refractivity contribution in [1.82, 2.24) is 14.9 Å². The largest absolute Gasteiger partial charge is 0.416 e. The molecule has 160 valence electrons. The van der Waals surface area contributed by atoms with Crippen molar-refractivity contribution in [1.29, 1.82) is 0 Å². The SMILES string of the molecule is C[Si](C)(C)CCOCn1cc(-c2cccc(C(F)(F)F)c2)nc1N1CCNCC1. The number of hydrogen-bond acceptors (Lipinski definition) is 4. The van der Waals surface area contributed by atoms with Crippen molar-refractivity contribution in [2.24, 2.45) is 0 Å². The van der Waals surface area contributed by atoms with Crippen molar-refractivity contribution < 1.29 is 17.9 Å². The van der Waals surface area contributed by atoms with Gasteiger partial charge in [-0.05, 0) is 18.2 Å². The van der Waals surface area contributed by atoms with Gasteiger partial charge in [0.25, 0.3) is 0 Å². The number of rotatable bonds is 7. The van der Waals surface area contributed by atoms with Crippen LogP contribution in [0.15, 0.2) is 30.5 Å². The van der Waals surface area contributed by atoms with Crippen molar-refractivity contribution in [3.63, 3.8) is 0 Å². The molecule has 0 saturated carbocycles. The molecule has 29 heavy (non-hydrogen) atoms. The Morgan fingerprint density at radius 3 is 2.55 bits per heavy atom. The molecule has 1 aromatic heterocycles. The average molecular weight is 427 g/mol. The number of hydrogen-bond donors (Lipinski definition) is 1. The fourth-order valence-corrected chi connectivity index (χ4v) is 3.91. The van der Waals surface area contributed by atoms with E-state index in [1.165, 1.54) is 6.07 Å². The van der Waals surface area contributed by atoms with Crippen molar-refractivity contribution in [2.45, 2.75) is 38.6 Å². The molecule has 3 rings (SSSR count). The molecule has 1 N–H and O–H groups in total. The summed E-state index contributed by atoms with van der Waals surface area (Å²) in [6.07, 6.45) is -2.58. The molecule has 5 nitrogen and oxygen atoms in total. The van der Waals surface area contributed by atoms with Gasteiger partial charge in [0, 0.05) is 52.6 Å². The lowest BCUT2D eigenvalue weighted by Crippen LogP contribution is -2.44. The van der Waals surface area contributed by atoms with Gasteiger partial charge in [0.05, 0.1) is 11.3 Å². The molecule has 0 aliphatic carbocycles. The van der Waals surface area contributed by atoms with Crippen molar-refractivity contribution in [3.05, 3.63) is 36.0 Å². The number of halogens is 3. The van der Waals surface area contributed by atoms with E-state index < -0.39 is 19.8 Å². The van der Waals surface area contributed by atoms with E-state index in [2.05, 4.69) is 34.8 Å². The minimum atomic E-state index is -4.38. The lowest BCUT2D eigenvalue weighted by Gasteiger charge is -2.28. The van der Waals surface area contributed by atoms with Crippen molar-refractivity contribution in [2.75, 3.05) is 37.7 Å². The maximum absolute atomic E-state index is 13.1. The van der Waals surface area contributed by atoms with Gasteiger partial charge in [-0.15, -0.1) is 0 Å². The van der Waals surface area contributed by atoms with Gasteiger partial charge in [-0.25, -0.2) is 4.98 Å². The molecule has 2 aromatic rings. The quantitative estimate of drug-likeness (QED) is 0.530. The highest BCUT2D eigenvalue weighted by Crippen LogP contribution is 2.32. The smallest absolute Gasteiger partial charge is 0.361 e. The molecule has 2 heterocycles. The fraction of sp³-hybridized carbons (Fsp3) is 0.550. The second-order valence-corrected chi connectivity index (χ2v) is 14.2. The van der Waals surface area contributed by atoms with E-state index in [4.69, 9.17) is 4.74 Å². The second-order valence-electron chi connectivity index (χ2n) is 8.56. The summed E-state index contributed by atoms with van der Waals surface area (Å²) in [5, 5.41) is 3.31. The average Bonchev–Trinajstić information content (AvgIpc) is 3.09. The zero-order valence-corrected chi connectivity index (χ0v) is 18.2. The van der Waals surface area contributed by atoms with Crippen LogP contribution >= 0.6 is 0 Å². The Balaban J connectivity index is 1.84. The van der Waals surface area contributed by atoms with Crippen LogP contribution in [0, 0.1) is 0 Å². The maximum Gasteiger partial charge on any atom is 0.416 e. The third-order valence-electron chi connectivity index (χ3n) is 4.87. The summed E-state index contributed by atoms with van der Waals surface area (Å²) in [5.74, 6) is 0.743. The first-order chi connectivity index (χ1) is 13.6. The zero-order valence-electron chi connectivity index (χ0n) is 17.2. The lowest BCUT2D eigenvalue weighted by molar-refractivity contribution is -0.137. The predicted molar refractivity (Wildman–Crippen MR) is 112 cm³/mol. The molecule has 0 atom stereocenters. The van der Waals surface area contributed by atoms with Gasteiger partial charge in [-0.2, -0.15) is 13.2 Å². The van der Waals surface area contributed by atoms with E-state index in [9.17, 15) is 13.2 Å². The van der Waals surface area contributed by atoms with Crippen LogP contribution < -0.4 is 10.2 Å². The molecule has 0 bridgehead atoms. The van der Waals surface area contributed by atoms with E-state index >= 15 is 0 Å². The fourth-order valence-electron chi connectivity index (χ4n) is 3.15. The molecule has 9 heteroatoms. The number of imidazole rings is 1. The van der Waals surface area contributed by atoms with Gasteiger partial charge in [-0.1, -0.05) is 31.8 Å². The molecule has 0 radical (unpaired) electrons. The summed E-state index contributed by atoms with van der Waals surface area (Å²) in [6, 6.07) is 6.38. The maximum atomic E-state index is 13.1. The monoisotopic (exact) mass is 426 g/mol. The van der Waals surface area contributed by atoms with E-state index in [1.54, 1.807) is 12.3 Å². The van der Waals surface area contributed by atoms with Gasteiger partial charge in [0.1, 0.15) is 6.73 Å². The van der Waals surface area contributed by atoms with Crippen LogP contribution in [0.25, 0.3) is 11.3 Å². The number of nitrogens with one attached hydrogen (secondary N) is 1. The summed E-state index contributed by atoms with van der Waals surface area (Å²) in [6.45, 7) is 11.2. The number of ether oxygens (including phenoxy) is 1. The van der Waals surface area contributed by atoms with Crippen molar-refractivity contribution >= 4 is 14.0 Å². The molecule has 1 fully saturated rings. The molecule has 1 aliphatic heterocycles. The zero-order chi connectivity index (χ0) is 21.1. The first kappa shape index (κ1) is 21.9. The van der Waals surface area contributed by atoms with Gasteiger partial charge < -0.3 is 15.0 Å². The van der Waals surface area contributed by atoms with Crippen LogP contribution in [0.2, 0.25) is 25.7 Å². The van der Waals surface area contributed by atoms with Crippen LogP contribution in [-0.2, 0) is 17.6 Å². The molecular weight excluding hydrogens is 397 g/mol. The standard InChI is InChI=1S/C20H29F3N4OSi/c1-29(2,3)12-11-28-15-27-14-18(25-19(27)26-9-7-24-8-10-26)16-5-4-6-17(13-16)20(21,22)23/h4-6,13-14,24H,7-12,15H2,1-3H3. The van der Waals surface area contributed by atoms with Gasteiger partial charge in [0.2, 0.25) is 5.95 Å². The molecule has 1 aliphatic rings. The number of nitrogens with zero attached hydrogens (tertiary/aromatic N) is 3. The highest BCUT2D eigenvalue weighted by molar-refractivity contribution is 6.76. The molecule has 1 saturated heterocycles. The second kappa shape index (κ2) is 8.89. The van der Waals surface area contributed by atoms with Gasteiger partial charge >= 0.3 is 6.18 Å². The van der Waals surface area contributed by atoms with Crippen LogP contribution in [0.3, 0.4) is 0 Å². The topological polar surface area (TPSA) is 42.3 Å². The minimum Gasteiger partial charge on any atom is -0.361 e. The molecule has 1 aromatic carbocycles. The molecule has 0 spiro atoms. The highest BCUT2D eigenvalue weighted by Gasteiger charge is 2.30.